The summed E-state index contributed by atoms with van der Waals surface area (Å²) >= 11 is 11.7. The summed E-state index contributed by atoms with van der Waals surface area (Å²) in [5.41, 5.74) is -0.502. The van der Waals surface area contributed by atoms with Crippen LogP contribution in [0.3, 0.4) is 0 Å². The zero-order chi connectivity index (χ0) is 19.1. The lowest BCUT2D eigenvalue weighted by molar-refractivity contribution is -0.141. The number of sulfonamides is 1. The van der Waals surface area contributed by atoms with Crippen molar-refractivity contribution in [2.24, 2.45) is 0 Å². The maximum Gasteiger partial charge on any atom is 0.435 e. The highest BCUT2D eigenvalue weighted by Crippen LogP contribution is 2.42. The van der Waals surface area contributed by atoms with Gasteiger partial charge in [0.2, 0.25) is 10.0 Å². The van der Waals surface area contributed by atoms with Gasteiger partial charge in [0.05, 0.1) is 11.6 Å². The monoisotopic (exact) mass is 427 g/mol. The molecule has 1 fully saturated rings. The molecule has 0 saturated heterocycles. The van der Waals surface area contributed by atoms with Gasteiger partial charge in [-0.2, -0.15) is 18.3 Å². The molecule has 1 N–H and O–H groups in total. The van der Waals surface area contributed by atoms with Gasteiger partial charge in [-0.05, 0) is 37.1 Å². The van der Waals surface area contributed by atoms with Gasteiger partial charge in [-0.25, -0.2) is 13.1 Å². The van der Waals surface area contributed by atoms with Crippen molar-refractivity contribution < 1.29 is 21.6 Å². The second-order valence-corrected chi connectivity index (χ2v) is 8.50. The number of nitrogens with one attached hydrogen (secondary N) is 1. The van der Waals surface area contributed by atoms with Crippen LogP contribution in [-0.4, -0.2) is 24.7 Å². The van der Waals surface area contributed by atoms with Gasteiger partial charge in [0.25, 0.3) is 0 Å². The number of rotatable bonds is 6. The topological polar surface area (TPSA) is 64.0 Å². The Hall–Kier alpha value is -1.29. The maximum atomic E-state index is 12.9. The number of hydrogen-bond donors (Lipinski definition) is 1. The van der Waals surface area contributed by atoms with E-state index in [0.29, 0.717) is 5.69 Å². The number of halogens is 5. The molecule has 11 heteroatoms. The van der Waals surface area contributed by atoms with E-state index in [2.05, 4.69) is 9.82 Å². The highest BCUT2D eigenvalue weighted by Gasteiger charge is 2.37. The lowest BCUT2D eigenvalue weighted by atomic mass is 10.2. The minimum Gasteiger partial charge on any atom is -0.267 e. The predicted octanol–water partition coefficient (Wildman–Crippen LogP) is 4.06. The molecule has 5 nitrogen and oxygen atoms in total. The Labute approximate surface area is 158 Å². The highest BCUT2D eigenvalue weighted by molar-refractivity contribution is 7.89. The van der Waals surface area contributed by atoms with Crippen molar-refractivity contribution in [1.82, 2.24) is 14.5 Å². The average Bonchev–Trinajstić information content (AvgIpc) is 3.28. The third kappa shape index (κ3) is 4.33. The third-order valence-electron chi connectivity index (χ3n) is 3.90. The SMILES string of the molecule is O=S(=O)(NCCn1nc(C(F)(F)F)cc1C1CC1)c1cc(Cl)ccc1Cl. The average molecular weight is 428 g/mol. The Kier molecular flexibility index (Phi) is 5.26. The molecule has 1 saturated carbocycles. The van der Waals surface area contributed by atoms with Crippen molar-refractivity contribution >= 4 is 33.2 Å². The molecule has 142 valence electrons. The Balaban J connectivity index is 1.73. The lowest BCUT2D eigenvalue weighted by Gasteiger charge is -2.10. The van der Waals surface area contributed by atoms with E-state index in [0.717, 1.165) is 18.9 Å². The van der Waals surface area contributed by atoms with E-state index in [4.69, 9.17) is 23.2 Å². The van der Waals surface area contributed by atoms with E-state index in [-0.39, 0.29) is 33.9 Å². The van der Waals surface area contributed by atoms with E-state index in [1.54, 1.807) is 0 Å². The molecular weight excluding hydrogens is 414 g/mol. The normalized spacial score (nSPS) is 15.4. The summed E-state index contributed by atoms with van der Waals surface area (Å²) in [5, 5.41) is 3.78. The first-order valence-electron chi connectivity index (χ1n) is 7.67. The minimum atomic E-state index is -4.54. The van der Waals surface area contributed by atoms with Gasteiger partial charge in [0.1, 0.15) is 4.90 Å². The Morgan fingerprint density at radius 3 is 2.54 bits per heavy atom. The molecule has 0 aliphatic heterocycles. The number of nitrogens with zero attached hydrogens (tertiary/aromatic N) is 2. The standard InChI is InChI=1S/C15H14Cl2F3N3O2S/c16-10-3-4-11(17)13(7-10)26(24,25)21-5-6-23-12(9-1-2-9)8-14(22-23)15(18,19)20/h3-4,7-9,21H,1-2,5-6H2. The van der Waals surface area contributed by atoms with E-state index in [9.17, 15) is 21.6 Å². The van der Waals surface area contributed by atoms with Crippen LogP contribution in [0, 0.1) is 0 Å². The largest absolute Gasteiger partial charge is 0.435 e. The summed E-state index contributed by atoms with van der Waals surface area (Å²) in [7, 11) is -3.95. The van der Waals surface area contributed by atoms with Gasteiger partial charge in [-0.15, -0.1) is 0 Å². The van der Waals surface area contributed by atoms with Crippen molar-refractivity contribution in [2.75, 3.05) is 6.54 Å². The number of hydrogen-bond acceptors (Lipinski definition) is 3. The van der Waals surface area contributed by atoms with Crippen LogP contribution in [0.25, 0.3) is 0 Å². The van der Waals surface area contributed by atoms with Crippen LogP contribution < -0.4 is 4.72 Å². The molecule has 1 heterocycles. The van der Waals surface area contributed by atoms with Crippen molar-refractivity contribution in [2.45, 2.75) is 36.4 Å². The second-order valence-electron chi connectivity index (χ2n) is 5.92. The second kappa shape index (κ2) is 7.03. The molecule has 1 aromatic heterocycles. The Morgan fingerprint density at radius 2 is 1.92 bits per heavy atom. The van der Waals surface area contributed by atoms with Gasteiger partial charge in [-0.1, -0.05) is 23.2 Å². The van der Waals surface area contributed by atoms with Crippen LogP contribution in [0.5, 0.6) is 0 Å². The van der Waals surface area contributed by atoms with Crippen LogP contribution in [-0.2, 0) is 22.7 Å². The van der Waals surface area contributed by atoms with Crippen molar-refractivity contribution in [3.05, 3.63) is 45.7 Å². The predicted molar refractivity (Wildman–Crippen MR) is 90.9 cm³/mol. The quantitative estimate of drug-likeness (QED) is 0.755. The third-order valence-corrected chi connectivity index (χ3v) is 6.07. The Morgan fingerprint density at radius 1 is 1.23 bits per heavy atom. The van der Waals surface area contributed by atoms with Crippen LogP contribution in [0.4, 0.5) is 13.2 Å². The molecule has 0 bridgehead atoms. The molecule has 1 aliphatic rings. The summed E-state index contributed by atoms with van der Waals surface area (Å²) in [4.78, 5) is -0.189. The van der Waals surface area contributed by atoms with Crippen molar-refractivity contribution in [3.8, 4) is 0 Å². The van der Waals surface area contributed by atoms with Crippen LogP contribution in [0.2, 0.25) is 10.0 Å². The molecule has 26 heavy (non-hydrogen) atoms. The molecule has 0 spiro atoms. The van der Waals surface area contributed by atoms with Gasteiger partial charge in [0, 0.05) is 23.2 Å². The summed E-state index contributed by atoms with van der Waals surface area (Å²) in [6.45, 7) is -0.163. The van der Waals surface area contributed by atoms with Gasteiger partial charge < -0.3 is 0 Å². The minimum absolute atomic E-state index is 0.000911. The molecule has 3 rings (SSSR count). The number of benzene rings is 1. The van der Waals surface area contributed by atoms with E-state index < -0.39 is 21.9 Å². The van der Waals surface area contributed by atoms with Crippen molar-refractivity contribution in [1.29, 1.82) is 0 Å². The van der Waals surface area contributed by atoms with Crippen molar-refractivity contribution in [3.63, 3.8) is 0 Å². The zero-order valence-corrected chi connectivity index (χ0v) is 15.6. The molecule has 0 unspecified atom stereocenters. The number of alkyl halides is 3. The van der Waals surface area contributed by atoms with Crippen LogP contribution in [0.1, 0.15) is 30.1 Å². The first kappa shape index (κ1) is 19.5. The van der Waals surface area contributed by atoms with Gasteiger partial charge >= 0.3 is 6.18 Å². The number of aromatic nitrogens is 2. The summed E-state index contributed by atoms with van der Waals surface area (Å²) in [6.07, 6.45) is -2.94. The lowest BCUT2D eigenvalue weighted by Crippen LogP contribution is -2.28. The molecule has 0 atom stereocenters. The first-order valence-corrected chi connectivity index (χ1v) is 9.91. The summed E-state index contributed by atoms with van der Waals surface area (Å²) < 4.78 is 66.8. The molecule has 1 aromatic carbocycles. The van der Waals surface area contributed by atoms with Crippen LogP contribution in [0.15, 0.2) is 29.2 Å². The summed E-state index contributed by atoms with van der Waals surface area (Å²) in [6, 6.07) is 5.04. The maximum absolute atomic E-state index is 12.9. The molecule has 2 aromatic rings. The fourth-order valence-corrected chi connectivity index (χ4v) is 4.28. The molecule has 0 amide bonds. The van der Waals surface area contributed by atoms with E-state index >= 15 is 0 Å². The van der Waals surface area contributed by atoms with E-state index in [1.165, 1.54) is 22.9 Å². The molecular formula is C15H14Cl2F3N3O2S. The molecule has 1 aliphatic carbocycles. The fourth-order valence-electron chi connectivity index (χ4n) is 2.50. The Bertz CT molecular complexity index is 925. The molecule has 0 radical (unpaired) electrons. The van der Waals surface area contributed by atoms with Crippen LogP contribution >= 0.6 is 23.2 Å². The summed E-state index contributed by atoms with van der Waals surface area (Å²) in [5.74, 6) is 0.0394. The van der Waals surface area contributed by atoms with E-state index in [1.807, 2.05) is 0 Å². The zero-order valence-electron chi connectivity index (χ0n) is 13.2. The van der Waals surface area contributed by atoms with Gasteiger partial charge in [0.15, 0.2) is 5.69 Å². The smallest absolute Gasteiger partial charge is 0.267 e. The fraction of sp³-hybridized carbons (Fsp3) is 0.400. The highest BCUT2D eigenvalue weighted by atomic mass is 35.5. The first-order chi connectivity index (χ1) is 12.1. The van der Waals surface area contributed by atoms with Gasteiger partial charge in [-0.3, -0.25) is 4.68 Å².